The summed E-state index contributed by atoms with van der Waals surface area (Å²) >= 11 is 0. The first-order chi connectivity index (χ1) is 16.8. The number of nitrogens with one attached hydrogen (secondary N) is 1. The fourth-order valence-corrected chi connectivity index (χ4v) is 5.92. The van der Waals surface area contributed by atoms with E-state index in [4.69, 9.17) is 0 Å². The number of rotatable bonds is 3. The lowest BCUT2D eigenvalue weighted by atomic mass is 9.82. The van der Waals surface area contributed by atoms with Gasteiger partial charge in [0.1, 0.15) is 6.07 Å². The van der Waals surface area contributed by atoms with E-state index >= 15 is 0 Å². The summed E-state index contributed by atoms with van der Waals surface area (Å²) in [4.78, 5) is 17.8. The summed E-state index contributed by atoms with van der Waals surface area (Å²) in [6.45, 7) is 1.71. The van der Waals surface area contributed by atoms with Crippen molar-refractivity contribution in [3.05, 3.63) is 59.2 Å². The first kappa shape index (κ1) is 23.5. The number of fused-ring (bicyclic) bond motifs is 3. The van der Waals surface area contributed by atoms with E-state index in [0.717, 1.165) is 43.1 Å². The van der Waals surface area contributed by atoms with E-state index in [0.29, 0.717) is 30.8 Å². The number of anilines is 2. The van der Waals surface area contributed by atoms with Gasteiger partial charge in [0.15, 0.2) is 0 Å². The van der Waals surface area contributed by atoms with Crippen LogP contribution in [0, 0.1) is 17.2 Å². The van der Waals surface area contributed by atoms with Crippen LogP contribution >= 0.6 is 0 Å². The lowest BCUT2D eigenvalue weighted by Gasteiger charge is -2.50. The maximum absolute atomic E-state index is 13.5. The van der Waals surface area contributed by atoms with E-state index < -0.39 is 17.7 Å². The number of amides is 1. The molecule has 1 N–H and O–H groups in total. The fourth-order valence-electron chi connectivity index (χ4n) is 5.92. The Hall–Kier alpha value is -3.21. The number of hydrogen-bond acceptors (Lipinski definition) is 4. The highest BCUT2D eigenvalue weighted by Gasteiger charge is 2.43. The quantitative estimate of drug-likeness (QED) is 0.677. The number of hydrogen-bond donors (Lipinski definition) is 1. The van der Waals surface area contributed by atoms with Crippen LogP contribution in [0.4, 0.5) is 24.5 Å². The largest absolute Gasteiger partial charge is 0.416 e. The van der Waals surface area contributed by atoms with Gasteiger partial charge in [0, 0.05) is 31.4 Å². The van der Waals surface area contributed by atoms with Crippen LogP contribution in [0.2, 0.25) is 0 Å². The molecule has 0 spiro atoms. The van der Waals surface area contributed by atoms with Gasteiger partial charge in [-0.2, -0.15) is 18.4 Å². The standard InChI is InChI=1S/C27H29F3N4O/c28-27(29,30)20-10-11-24-19(14-20)15-22(26(35)32-21-7-2-1-3-8-21)25-17-33(12-13-34(24)25)23-9-5-4-6-18(23)16-31/h4-6,9-11,14,21-22,25H,1-3,7-8,12-13,15,17H2,(H,32,35)/t22-,25-/m0/s1. The molecule has 3 aliphatic rings. The summed E-state index contributed by atoms with van der Waals surface area (Å²) in [5, 5.41) is 12.8. The van der Waals surface area contributed by atoms with Crippen molar-refractivity contribution in [3.63, 3.8) is 0 Å². The predicted octanol–water partition coefficient (Wildman–Crippen LogP) is 4.89. The molecule has 1 saturated carbocycles. The molecule has 0 bridgehead atoms. The SMILES string of the molecule is N#Cc1ccccc1N1CCN2c3ccc(C(F)(F)F)cc3C[C@H](C(=O)NC3CCCCC3)[C@@H]2C1. The number of carbonyl (C=O) groups excluding carboxylic acids is 1. The van der Waals surface area contributed by atoms with Crippen LogP contribution < -0.4 is 15.1 Å². The summed E-state index contributed by atoms with van der Waals surface area (Å²) in [6, 6.07) is 13.5. The Morgan fingerprint density at radius 3 is 2.54 bits per heavy atom. The Morgan fingerprint density at radius 1 is 1.03 bits per heavy atom. The molecule has 1 saturated heterocycles. The van der Waals surface area contributed by atoms with Crippen LogP contribution in [0.25, 0.3) is 0 Å². The number of para-hydroxylation sites is 1. The molecule has 0 unspecified atom stereocenters. The van der Waals surface area contributed by atoms with Gasteiger partial charge in [-0.25, -0.2) is 0 Å². The zero-order chi connectivity index (χ0) is 24.6. The molecule has 2 heterocycles. The van der Waals surface area contributed by atoms with Crippen molar-refractivity contribution in [1.29, 1.82) is 5.26 Å². The minimum atomic E-state index is -4.43. The molecule has 2 fully saturated rings. The molecule has 8 heteroatoms. The Kier molecular flexibility index (Phi) is 6.35. The van der Waals surface area contributed by atoms with Crippen molar-refractivity contribution in [2.75, 3.05) is 29.4 Å². The summed E-state index contributed by atoms with van der Waals surface area (Å²) in [5.41, 5.74) is 2.08. The van der Waals surface area contributed by atoms with Gasteiger partial charge in [0.25, 0.3) is 0 Å². The van der Waals surface area contributed by atoms with Crippen molar-refractivity contribution >= 4 is 17.3 Å². The Morgan fingerprint density at radius 2 is 1.80 bits per heavy atom. The van der Waals surface area contributed by atoms with Crippen molar-refractivity contribution < 1.29 is 18.0 Å². The van der Waals surface area contributed by atoms with E-state index in [-0.39, 0.29) is 24.4 Å². The molecule has 1 aliphatic carbocycles. The van der Waals surface area contributed by atoms with E-state index in [1.165, 1.54) is 12.5 Å². The Labute approximate surface area is 203 Å². The minimum absolute atomic E-state index is 0.0784. The second kappa shape index (κ2) is 9.44. The van der Waals surface area contributed by atoms with Gasteiger partial charge in [-0.1, -0.05) is 31.4 Å². The smallest absolute Gasteiger partial charge is 0.367 e. The average Bonchev–Trinajstić information content (AvgIpc) is 2.87. The van der Waals surface area contributed by atoms with E-state index in [1.54, 1.807) is 12.1 Å². The van der Waals surface area contributed by atoms with Crippen LogP contribution in [0.15, 0.2) is 42.5 Å². The first-order valence-electron chi connectivity index (χ1n) is 12.4. The molecule has 2 atom stereocenters. The number of nitriles is 1. The Balaban J connectivity index is 1.47. The zero-order valence-electron chi connectivity index (χ0n) is 19.5. The van der Waals surface area contributed by atoms with Crippen LogP contribution in [0.1, 0.15) is 48.8 Å². The molecule has 2 aromatic rings. The molecule has 2 aliphatic heterocycles. The van der Waals surface area contributed by atoms with E-state index in [9.17, 15) is 23.2 Å². The van der Waals surface area contributed by atoms with Gasteiger partial charge in [-0.3, -0.25) is 4.79 Å². The van der Waals surface area contributed by atoms with Gasteiger partial charge < -0.3 is 15.1 Å². The van der Waals surface area contributed by atoms with Crippen LogP contribution in [-0.4, -0.2) is 37.6 Å². The normalized spacial score (nSPS) is 22.7. The molecular formula is C27H29F3N4O. The second-order valence-electron chi connectivity index (χ2n) is 9.83. The number of nitrogens with zero attached hydrogens (tertiary/aromatic N) is 3. The van der Waals surface area contributed by atoms with Crippen LogP contribution in [-0.2, 0) is 17.4 Å². The highest BCUT2D eigenvalue weighted by Crippen LogP contribution is 2.40. The third-order valence-electron chi connectivity index (χ3n) is 7.69. The molecule has 35 heavy (non-hydrogen) atoms. The number of alkyl halides is 3. The monoisotopic (exact) mass is 482 g/mol. The minimum Gasteiger partial charge on any atom is -0.367 e. The van der Waals surface area contributed by atoms with Gasteiger partial charge in [0.05, 0.1) is 28.8 Å². The van der Waals surface area contributed by atoms with Crippen molar-refractivity contribution in [3.8, 4) is 6.07 Å². The van der Waals surface area contributed by atoms with Crippen LogP contribution in [0.3, 0.4) is 0 Å². The van der Waals surface area contributed by atoms with Crippen LogP contribution in [0.5, 0.6) is 0 Å². The third-order valence-corrected chi connectivity index (χ3v) is 7.69. The molecule has 5 nitrogen and oxygen atoms in total. The summed E-state index contributed by atoms with van der Waals surface area (Å²) in [7, 11) is 0. The van der Waals surface area contributed by atoms with E-state index in [2.05, 4.69) is 21.2 Å². The lowest BCUT2D eigenvalue weighted by molar-refractivity contribution is -0.137. The Bertz CT molecular complexity index is 1140. The number of halogens is 3. The molecule has 0 aromatic heterocycles. The highest BCUT2D eigenvalue weighted by molar-refractivity contribution is 5.83. The molecule has 0 radical (unpaired) electrons. The lowest BCUT2D eigenvalue weighted by Crippen LogP contribution is -2.62. The molecule has 1 amide bonds. The maximum atomic E-state index is 13.5. The number of piperazine rings is 1. The third kappa shape index (κ3) is 4.69. The van der Waals surface area contributed by atoms with Gasteiger partial charge in [-0.15, -0.1) is 0 Å². The summed E-state index contributed by atoms with van der Waals surface area (Å²) < 4.78 is 40.3. The van der Waals surface area contributed by atoms with Crippen molar-refractivity contribution in [2.24, 2.45) is 5.92 Å². The summed E-state index contributed by atoms with van der Waals surface area (Å²) in [5.74, 6) is -0.546. The molecule has 5 rings (SSSR count). The van der Waals surface area contributed by atoms with Crippen molar-refractivity contribution in [1.82, 2.24) is 5.32 Å². The van der Waals surface area contributed by atoms with Crippen molar-refractivity contribution in [2.45, 2.75) is 56.8 Å². The maximum Gasteiger partial charge on any atom is 0.416 e. The molecule has 2 aromatic carbocycles. The fraction of sp³-hybridized carbons (Fsp3) is 0.481. The number of carbonyl (C=O) groups is 1. The van der Waals surface area contributed by atoms with Gasteiger partial charge in [-0.05, 0) is 55.2 Å². The first-order valence-corrected chi connectivity index (χ1v) is 12.4. The highest BCUT2D eigenvalue weighted by atomic mass is 19.4. The second-order valence-corrected chi connectivity index (χ2v) is 9.83. The average molecular weight is 483 g/mol. The van der Waals surface area contributed by atoms with E-state index in [1.807, 2.05) is 18.2 Å². The van der Waals surface area contributed by atoms with Gasteiger partial charge >= 0.3 is 6.18 Å². The number of benzene rings is 2. The molecule has 184 valence electrons. The zero-order valence-corrected chi connectivity index (χ0v) is 19.5. The molecular weight excluding hydrogens is 453 g/mol. The predicted molar refractivity (Wildman–Crippen MR) is 128 cm³/mol. The summed E-state index contributed by atoms with van der Waals surface area (Å²) in [6.07, 6.45) is 1.08. The topological polar surface area (TPSA) is 59.4 Å². The van der Waals surface area contributed by atoms with Gasteiger partial charge in [0.2, 0.25) is 5.91 Å².